The van der Waals surface area contributed by atoms with Crippen LogP contribution in [0.3, 0.4) is 0 Å². The second kappa shape index (κ2) is 3.71. The van der Waals surface area contributed by atoms with E-state index in [-0.39, 0.29) is 0 Å². The Hall–Kier alpha value is -1.15. The summed E-state index contributed by atoms with van der Waals surface area (Å²) in [4.78, 5) is 3.12. The number of aromatic amines is 1. The average Bonchev–Trinajstić information content (AvgIpc) is 2.61. The van der Waals surface area contributed by atoms with E-state index < -0.39 is 0 Å². The molecule has 0 unspecified atom stereocenters. The van der Waals surface area contributed by atoms with Gasteiger partial charge in [-0.25, -0.2) is 0 Å². The molecule has 0 aliphatic rings. The maximum absolute atomic E-state index is 5.52. The third-order valence-electron chi connectivity index (χ3n) is 1.87. The van der Waals surface area contributed by atoms with Gasteiger partial charge in [0.05, 0.1) is 5.88 Å². The van der Waals surface area contributed by atoms with Gasteiger partial charge in [-0.2, -0.15) is 0 Å². The van der Waals surface area contributed by atoms with Gasteiger partial charge >= 0.3 is 0 Å². The summed E-state index contributed by atoms with van der Waals surface area (Å²) in [5.41, 5.74) is 1.12. The molecule has 1 N–H and O–H groups in total. The first kappa shape index (κ1) is 8.45. The van der Waals surface area contributed by atoms with E-state index in [9.17, 15) is 0 Å². The Labute approximate surface area is 81.5 Å². The minimum absolute atomic E-state index is 0.519. The number of hydrogen-bond donors (Lipinski definition) is 1. The first-order valence-corrected chi connectivity index (χ1v) is 4.69. The molecule has 2 aromatic rings. The van der Waals surface area contributed by atoms with Crippen molar-refractivity contribution in [2.24, 2.45) is 0 Å². The Morgan fingerprint density at radius 3 is 3.08 bits per heavy atom. The first-order chi connectivity index (χ1) is 6.40. The van der Waals surface area contributed by atoms with E-state index in [1.54, 1.807) is 0 Å². The van der Waals surface area contributed by atoms with Crippen LogP contribution >= 0.6 is 11.6 Å². The molecule has 2 nitrogen and oxygen atoms in total. The van der Waals surface area contributed by atoms with Gasteiger partial charge < -0.3 is 9.72 Å². The van der Waals surface area contributed by atoms with E-state index in [0.717, 1.165) is 16.7 Å². The Morgan fingerprint density at radius 2 is 2.23 bits per heavy atom. The lowest BCUT2D eigenvalue weighted by Crippen LogP contribution is -1.97. The number of aromatic nitrogens is 1. The van der Waals surface area contributed by atoms with Crippen LogP contribution in [0.5, 0.6) is 5.75 Å². The number of rotatable bonds is 3. The molecule has 0 spiro atoms. The minimum Gasteiger partial charge on any atom is -0.492 e. The lowest BCUT2D eigenvalue weighted by atomic mass is 10.2. The molecule has 1 aromatic carbocycles. The van der Waals surface area contributed by atoms with Crippen LogP contribution in [0.25, 0.3) is 10.9 Å². The fraction of sp³-hybridized carbons (Fsp3) is 0.200. The largest absolute Gasteiger partial charge is 0.492 e. The number of nitrogens with one attached hydrogen (secondary N) is 1. The standard InChI is InChI=1S/C10H10ClNO/c11-4-6-13-9-1-2-10-8(7-9)3-5-12-10/h1-3,5,7,12H,4,6H2. The van der Waals surface area contributed by atoms with Gasteiger partial charge in [-0.3, -0.25) is 0 Å². The van der Waals surface area contributed by atoms with Gasteiger partial charge in [0, 0.05) is 17.1 Å². The summed E-state index contributed by atoms with van der Waals surface area (Å²) in [5.74, 6) is 1.39. The summed E-state index contributed by atoms with van der Waals surface area (Å²) in [7, 11) is 0. The van der Waals surface area contributed by atoms with Gasteiger partial charge in [0.25, 0.3) is 0 Å². The van der Waals surface area contributed by atoms with Crippen molar-refractivity contribution in [1.82, 2.24) is 4.98 Å². The molecule has 0 bridgehead atoms. The predicted octanol–water partition coefficient (Wildman–Crippen LogP) is 2.79. The maximum Gasteiger partial charge on any atom is 0.120 e. The van der Waals surface area contributed by atoms with Crippen molar-refractivity contribution in [2.45, 2.75) is 0 Å². The summed E-state index contributed by atoms with van der Waals surface area (Å²) in [5, 5.41) is 1.16. The molecule has 0 aliphatic heterocycles. The number of ether oxygens (including phenoxy) is 1. The molecule has 13 heavy (non-hydrogen) atoms. The minimum atomic E-state index is 0.519. The van der Waals surface area contributed by atoms with E-state index in [1.807, 2.05) is 30.5 Å². The molecule has 0 amide bonds. The van der Waals surface area contributed by atoms with Gasteiger partial charge in [-0.1, -0.05) is 0 Å². The molecule has 1 heterocycles. The summed E-state index contributed by atoms with van der Waals surface area (Å²) < 4.78 is 5.39. The Kier molecular flexibility index (Phi) is 2.41. The van der Waals surface area contributed by atoms with Crippen LogP contribution in [0, 0.1) is 0 Å². The predicted molar refractivity (Wildman–Crippen MR) is 54.5 cm³/mol. The number of hydrogen-bond acceptors (Lipinski definition) is 1. The van der Waals surface area contributed by atoms with Crippen LogP contribution in [0.15, 0.2) is 30.5 Å². The van der Waals surface area contributed by atoms with Gasteiger partial charge in [0.15, 0.2) is 0 Å². The molecular formula is C10H10ClNO. The number of alkyl halides is 1. The lowest BCUT2D eigenvalue weighted by molar-refractivity contribution is 0.343. The molecule has 0 atom stereocenters. The zero-order valence-electron chi connectivity index (χ0n) is 7.09. The van der Waals surface area contributed by atoms with Crippen molar-refractivity contribution in [3.8, 4) is 5.75 Å². The molecule has 68 valence electrons. The number of benzene rings is 1. The quantitative estimate of drug-likeness (QED) is 0.749. The molecule has 0 aliphatic carbocycles. The van der Waals surface area contributed by atoms with Gasteiger partial charge in [0.1, 0.15) is 12.4 Å². The van der Waals surface area contributed by atoms with E-state index in [1.165, 1.54) is 0 Å². The third-order valence-corrected chi connectivity index (χ3v) is 2.02. The molecule has 0 radical (unpaired) electrons. The fourth-order valence-corrected chi connectivity index (χ4v) is 1.35. The molecule has 1 aromatic heterocycles. The maximum atomic E-state index is 5.52. The van der Waals surface area contributed by atoms with Crippen molar-refractivity contribution in [3.63, 3.8) is 0 Å². The third kappa shape index (κ3) is 1.78. The average molecular weight is 196 g/mol. The zero-order valence-corrected chi connectivity index (χ0v) is 7.84. The second-order valence-electron chi connectivity index (χ2n) is 2.76. The molecular weight excluding hydrogens is 186 g/mol. The van der Waals surface area contributed by atoms with Crippen molar-refractivity contribution < 1.29 is 4.74 Å². The van der Waals surface area contributed by atoms with Crippen molar-refractivity contribution in [3.05, 3.63) is 30.5 Å². The normalized spacial score (nSPS) is 10.5. The summed E-state index contributed by atoms with van der Waals surface area (Å²) in [6.45, 7) is 0.553. The monoisotopic (exact) mass is 195 g/mol. The van der Waals surface area contributed by atoms with Crippen LogP contribution in [0.1, 0.15) is 0 Å². The topological polar surface area (TPSA) is 25.0 Å². The highest BCUT2D eigenvalue weighted by atomic mass is 35.5. The van der Waals surface area contributed by atoms with E-state index in [4.69, 9.17) is 16.3 Å². The Bertz CT molecular complexity index is 396. The van der Waals surface area contributed by atoms with Crippen LogP contribution in [-0.4, -0.2) is 17.5 Å². The van der Waals surface area contributed by atoms with Gasteiger partial charge in [-0.15, -0.1) is 11.6 Å². The SMILES string of the molecule is ClCCOc1ccc2[nH]ccc2c1. The highest BCUT2D eigenvalue weighted by Crippen LogP contribution is 2.19. The highest BCUT2D eigenvalue weighted by Gasteiger charge is 1.96. The number of halogens is 1. The van der Waals surface area contributed by atoms with E-state index in [0.29, 0.717) is 12.5 Å². The van der Waals surface area contributed by atoms with E-state index >= 15 is 0 Å². The van der Waals surface area contributed by atoms with Crippen molar-refractivity contribution in [2.75, 3.05) is 12.5 Å². The summed E-state index contributed by atoms with van der Waals surface area (Å²) in [6, 6.07) is 7.95. The Balaban J connectivity index is 2.26. The van der Waals surface area contributed by atoms with Crippen LogP contribution < -0.4 is 4.74 Å². The van der Waals surface area contributed by atoms with Crippen LogP contribution in [-0.2, 0) is 0 Å². The number of H-pyrrole nitrogens is 1. The van der Waals surface area contributed by atoms with Gasteiger partial charge in [0.2, 0.25) is 0 Å². The Morgan fingerprint density at radius 1 is 1.31 bits per heavy atom. The first-order valence-electron chi connectivity index (χ1n) is 4.16. The summed E-state index contributed by atoms with van der Waals surface area (Å²) in [6.07, 6.45) is 1.91. The summed E-state index contributed by atoms with van der Waals surface area (Å²) >= 11 is 5.52. The number of fused-ring (bicyclic) bond motifs is 1. The second-order valence-corrected chi connectivity index (χ2v) is 3.14. The van der Waals surface area contributed by atoms with Crippen LogP contribution in [0.2, 0.25) is 0 Å². The molecule has 3 heteroatoms. The van der Waals surface area contributed by atoms with Crippen LogP contribution in [0.4, 0.5) is 0 Å². The smallest absolute Gasteiger partial charge is 0.120 e. The molecule has 0 saturated carbocycles. The van der Waals surface area contributed by atoms with Crippen molar-refractivity contribution in [1.29, 1.82) is 0 Å². The highest BCUT2D eigenvalue weighted by molar-refractivity contribution is 6.18. The van der Waals surface area contributed by atoms with Crippen molar-refractivity contribution >= 4 is 22.5 Å². The fourth-order valence-electron chi connectivity index (χ4n) is 1.28. The van der Waals surface area contributed by atoms with Gasteiger partial charge in [-0.05, 0) is 24.3 Å². The zero-order chi connectivity index (χ0) is 9.10. The lowest BCUT2D eigenvalue weighted by Gasteiger charge is -2.02. The van der Waals surface area contributed by atoms with E-state index in [2.05, 4.69) is 4.98 Å². The molecule has 0 fully saturated rings. The molecule has 0 saturated heterocycles. The molecule has 2 rings (SSSR count).